The number of rotatable bonds is 3. The molecule has 2 heteroatoms. The van der Waals surface area contributed by atoms with Crippen LogP contribution in [0.3, 0.4) is 0 Å². The highest BCUT2D eigenvalue weighted by atomic mass is 19.1. The van der Waals surface area contributed by atoms with E-state index in [4.69, 9.17) is 5.73 Å². The molecule has 2 rings (SSSR count). The first kappa shape index (κ1) is 10.6. The molecule has 1 aromatic rings. The van der Waals surface area contributed by atoms with Crippen molar-refractivity contribution in [1.29, 1.82) is 0 Å². The molecule has 0 aromatic heterocycles. The van der Waals surface area contributed by atoms with Gasteiger partial charge < -0.3 is 5.73 Å². The second-order valence-corrected chi connectivity index (χ2v) is 5.34. The fraction of sp³-hybridized carbons (Fsp3) is 0.538. The molecule has 1 nitrogen and oxygen atoms in total. The van der Waals surface area contributed by atoms with Gasteiger partial charge in [0.25, 0.3) is 0 Å². The summed E-state index contributed by atoms with van der Waals surface area (Å²) in [5.41, 5.74) is 7.68. The third kappa shape index (κ3) is 2.05. The summed E-state index contributed by atoms with van der Waals surface area (Å²) in [7, 11) is 0. The lowest BCUT2D eigenvalue weighted by molar-refractivity contribution is 0.464. The molecule has 0 bridgehead atoms. The van der Waals surface area contributed by atoms with Crippen molar-refractivity contribution < 1.29 is 4.39 Å². The Balaban J connectivity index is 1.92. The van der Waals surface area contributed by atoms with Gasteiger partial charge in [0.2, 0.25) is 0 Å². The lowest BCUT2D eigenvalue weighted by Crippen LogP contribution is -2.28. The van der Waals surface area contributed by atoms with Crippen LogP contribution in [0.15, 0.2) is 24.3 Å². The molecule has 1 aromatic carbocycles. The van der Waals surface area contributed by atoms with E-state index in [0.29, 0.717) is 0 Å². The third-order valence-electron chi connectivity index (χ3n) is 3.75. The van der Waals surface area contributed by atoms with Gasteiger partial charge >= 0.3 is 0 Å². The lowest BCUT2D eigenvalue weighted by atomic mass is 9.98. The van der Waals surface area contributed by atoms with Crippen LogP contribution in [0.5, 0.6) is 0 Å². The van der Waals surface area contributed by atoms with Gasteiger partial charge in [0.15, 0.2) is 0 Å². The summed E-state index contributed by atoms with van der Waals surface area (Å²) in [5, 5.41) is 0. The van der Waals surface area contributed by atoms with E-state index in [1.54, 1.807) is 0 Å². The van der Waals surface area contributed by atoms with Crippen LogP contribution in [0, 0.1) is 11.2 Å². The normalized spacial score (nSPS) is 27.7. The zero-order valence-corrected chi connectivity index (χ0v) is 9.39. The molecule has 82 valence electrons. The quantitative estimate of drug-likeness (QED) is 0.810. The fourth-order valence-corrected chi connectivity index (χ4v) is 2.19. The van der Waals surface area contributed by atoms with Crippen molar-refractivity contribution in [2.75, 3.05) is 0 Å². The van der Waals surface area contributed by atoms with Gasteiger partial charge in [0, 0.05) is 5.54 Å². The maximum absolute atomic E-state index is 12.7. The standard InChI is InChI=1S/C13H18FN/c1-12(2)9-13(12,15)8-7-10-3-5-11(14)6-4-10/h3-6H,7-9,15H2,1-2H3. The van der Waals surface area contributed by atoms with Gasteiger partial charge in [0.1, 0.15) is 5.82 Å². The maximum atomic E-state index is 12.7. The van der Waals surface area contributed by atoms with E-state index in [1.165, 1.54) is 17.7 Å². The predicted molar refractivity (Wildman–Crippen MR) is 60.0 cm³/mol. The Bertz CT molecular complexity index is 355. The minimum Gasteiger partial charge on any atom is -0.325 e. The molecule has 1 fully saturated rings. The van der Waals surface area contributed by atoms with Crippen molar-refractivity contribution in [1.82, 2.24) is 0 Å². The first-order chi connectivity index (χ1) is 6.93. The molecule has 1 atom stereocenters. The Morgan fingerprint density at radius 2 is 1.80 bits per heavy atom. The van der Waals surface area contributed by atoms with Gasteiger partial charge in [-0.05, 0) is 42.4 Å². The second kappa shape index (κ2) is 3.31. The van der Waals surface area contributed by atoms with E-state index in [1.807, 2.05) is 12.1 Å². The Morgan fingerprint density at radius 1 is 1.27 bits per heavy atom. The van der Waals surface area contributed by atoms with Gasteiger partial charge in [0.05, 0.1) is 0 Å². The second-order valence-electron chi connectivity index (χ2n) is 5.34. The van der Waals surface area contributed by atoms with E-state index in [-0.39, 0.29) is 16.8 Å². The molecular weight excluding hydrogens is 189 g/mol. The SMILES string of the molecule is CC1(C)CC1(N)CCc1ccc(F)cc1. The molecule has 1 aliphatic carbocycles. The number of aryl methyl sites for hydroxylation is 1. The highest BCUT2D eigenvalue weighted by Gasteiger charge is 2.57. The van der Waals surface area contributed by atoms with Gasteiger partial charge in [-0.25, -0.2) is 4.39 Å². The van der Waals surface area contributed by atoms with Crippen LogP contribution in [0.25, 0.3) is 0 Å². The number of benzene rings is 1. The van der Waals surface area contributed by atoms with Crippen LogP contribution in [-0.4, -0.2) is 5.54 Å². The molecule has 1 saturated carbocycles. The number of halogens is 1. The summed E-state index contributed by atoms with van der Waals surface area (Å²) in [4.78, 5) is 0. The molecule has 0 radical (unpaired) electrons. The summed E-state index contributed by atoms with van der Waals surface area (Å²) in [6, 6.07) is 6.70. The molecule has 0 spiro atoms. The van der Waals surface area contributed by atoms with Crippen LogP contribution in [0.2, 0.25) is 0 Å². The Hall–Kier alpha value is -0.890. The van der Waals surface area contributed by atoms with E-state index in [9.17, 15) is 4.39 Å². The average Bonchev–Trinajstić information content (AvgIpc) is 2.66. The zero-order chi connectivity index (χ0) is 11.1. The molecular formula is C13H18FN. The summed E-state index contributed by atoms with van der Waals surface area (Å²) < 4.78 is 12.7. The van der Waals surface area contributed by atoms with Crippen molar-refractivity contribution in [2.24, 2.45) is 11.1 Å². The average molecular weight is 207 g/mol. The zero-order valence-electron chi connectivity index (χ0n) is 9.39. The smallest absolute Gasteiger partial charge is 0.123 e. The summed E-state index contributed by atoms with van der Waals surface area (Å²) in [6.45, 7) is 4.41. The summed E-state index contributed by atoms with van der Waals surface area (Å²) >= 11 is 0. The Labute approximate surface area is 90.5 Å². The summed E-state index contributed by atoms with van der Waals surface area (Å²) in [6.07, 6.45) is 3.03. The third-order valence-corrected chi connectivity index (χ3v) is 3.75. The summed E-state index contributed by atoms with van der Waals surface area (Å²) in [5.74, 6) is -0.173. The van der Waals surface area contributed by atoms with Gasteiger partial charge in [-0.15, -0.1) is 0 Å². The van der Waals surface area contributed by atoms with Crippen molar-refractivity contribution >= 4 is 0 Å². The van der Waals surface area contributed by atoms with E-state index in [2.05, 4.69) is 13.8 Å². The van der Waals surface area contributed by atoms with E-state index >= 15 is 0 Å². The largest absolute Gasteiger partial charge is 0.325 e. The van der Waals surface area contributed by atoms with Crippen LogP contribution in [0.1, 0.15) is 32.3 Å². The number of hydrogen-bond acceptors (Lipinski definition) is 1. The minimum atomic E-state index is -0.173. The Kier molecular flexibility index (Phi) is 2.34. The van der Waals surface area contributed by atoms with E-state index < -0.39 is 0 Å². The molecule has 1 unspecified atom stereocenters. The lowest BCUT2D eigenvalue weighted by Gasteiger charge is -2.14. The molecule has 2 N–H and O–H groups in total. The number of hydrogen-bond donors (Lipinski definition) is 1. The molecule has 1 aliphatic rings. The van der Waals surface area contributed by atoms with Crippen LogP contribution >= 0.6 is 0 Å². The van der Waals surface area contributed by atoms with Crippen LogP contribution < -0.4 is 5.73 Å². The first-order valence-electron chi connectivity index (χ1n) is 5.46. The van der Waals surface area contributed by atoms with Gasteiger partial charge in [-0.2, -0.15) is 0 Å². The molecule has 0 saturated heterocycles. The number of nitrogens with two attached hydrogens (primary N) is 1. The molecule has 15 heavy (non-hydrogen) atoms. The molecule has 0 heterocycles. The van der Waals surface area contributed by atoms with Crippen molar-refractivity contribution in [2.45, 2.75) is 38.6 Å². The topological polar surface area (TPSA) is 26.0 Å². The van der Waals surface area contributed by atoms with Crippen LogP contribution in [-0.2, 0) is 6.42 Å². The van der Waals surface area contributed by atoms with Crippen LogP contribution in [0.4, 0.5) is 4.39 Å². The molecule has 0 aliphatic heterocycles. The highest BCUT2D eigenvalue weighted by Crippen LogP contribution is 2.55. The maximum Gasteiger partial charge on any atom is 0.123 e. The van der Waals surface area contributed by atoms with E-state index in [0.717, 1.165) is 19.3 Å². The first-order valence-corrected chi connectivity index (χ1v) is 5.46. The van der Waals surface area contributed by atoms with Crippen molar-refractivity contribution in [3.8, 4) is 0 Å². The minimum absolute atomic E-state index is 0.00138. The van der Waals surface area contributed by atoms with Gasteiger partial charge in [-0.3, -0.25) is 0 Å². The monoisotopic (exact) mass is 207 g/mol. The highest BCUT2D eigenvalue weighted by molar-refractivity contribution is 5.20. The predicted octanol–water partition coefficient (Wildman–Crippen LogP) is 2.89. The fourth-order valence-electron chi connectivity index (χ4n) is 2.19. The van der Waals surface area contributed by atoms with Crippen molar-refractivity contribution in [3.63, 3.8) is 0 Å². The van der Waals surface area contributed by atoms with Gasteiger partial charge in [-0.1, -0.05) is 26.0 Å². The van der Waals surface area contributed by atoms with Crippen molar-refractivity contribution in [3.05, 3.63) is 35.6 Å². The Morgan fingerprint density at radius 3 is 2.27 bits per heavy atom. The molecule has 0 amide bonds.